The van der Waals surface area contributed by atoms with Gasteiger partial charge in [-0.2, -0.15) is 0 Å². The molecular weight excluding hydrogens is 338 g/mol. The summed E-state index contributed by atoms with van der Waals surface area (Å²) in [5.41, 5.74) is -0.257. The van der Waals surface area contributed by atoms with E-state index in [-0.39, 0.29) is 29.5 Å². The van der Waals surface area contributed by atoms with Gasteiger partial charge < -0.3 is 4.74 Å². The van der Waals surface area contributed by atoms with Gasteiger partial charge in [0.15, 0.2) is 17.9 Å². The second-order valence-corrected chi connectivity index (χ2v) is 6.31. The quantitative estimate of drug-likeness (QED) is 0.625. The third-order valence-electron chi connectivity index (χ3n) is 3.86. The smallest absolute Gasteiger partial charge is 0.358 e. The Balaban J connectivity index is 1.98. The van der Waals surface area contributed by atoms with Crippen molar-refractivity contribution >= 4 is 17.1 Å². The molecule has 0 amide bonds. The number of ether oxygens (including phenoxy) is 1. The minimum Gasteiger partial charge on any atom is -0.439 e. The lowest BCUT2D eigenvalue weighted by molar-refractivity contribution is 0.0371. The van der Waals surface area contributed by atoms with Crippen molar-refractivity contribution in [2.24, 2.45) is 13.0 Å². The number of fused-ring (bicyclic) bond motifs is 1. The Labute approximate surface area is 148 Å². The largest absolute Gasteiger partial charge is 0.439 e. The number of hydrogen-bond acceptors (Lipinski definition) is 6. The summed E-state index contributed by atoms with van der Waals surface area (Å²) in [5, 5.41) is 0. The Kier molecular flexibility index (Phi) is 4.70. The van der Waals surface area contributed by atoms with Crippen molar-refractivity contribution in [2.75, 3.05) is 0 Å². The second-order valence-electron chi connectivity index (χ2n) is 6.31. The number of pyridine rings is 1. The fraction of sp³-hybridized carbons (Fsp3) is 0.353. The number of carbonyl (C=O) groups is 1. The molecule has 0 unspecified atom stereocenters. The van der Waals surface area contributed by atoms with Crippen molar-refractivity contribution in [3.8, 4) is 0 Å². The van der Waals surface area contributed by atoms with E-state index in [1.165, 1.54) is 34.8 Å². The average molecular weight is 357 g/mol. The van der Waals surface area contributed by atoms with E-state index < -0.39 is 17.2 Å². The van der Waals surface area contributed by atoms with Crippen LogP contribution in [0.2, 0.25) is 0 Å². The average Bonchev–Trinajstić information content (AvgIpc) is 3.06. The predicted molar refractivity (Wildman–Crippen MR) is 93.7 cm³/mol. The fourth-order valence-corrected chi connectivity index (χ4v) is 2.62. The Morgan fingerprint density at radius 2 is 2.00 bits per heavy atom. The van der Waals surface area contributed by atoms with Crippen LogP contribution in [0.5, 0.6) is 0 Å². The molecule has 0 atom stereocenters. The molecule has 3 aromatic rings. The van der Waals surface area contributed by atoms with Crippen LogP contribution in [0, 0.1) is 5.92 Å². The highest BCUT2D eigenvalue weighted by atomic mass is 16.5. The number of imidazole rings is 1. The Bertz CT molecular complexity index is 1060. The standard InChI is InChI=1S/C17H19N5O4/c1-11(2)8-22-14-13(15(23)20(3)17(22)25)21(9-19-14)10-26-16(24)12-6-4-5-7-18-12/h4-7,9,11H,8,10H2,1-3H3. The Hall–Kier alpha value is -3.23. The minimum atomic E-state index is -0.611. The van der Waals surface area contributed by atoms with E-state index in [1.807, 2.05) is 13.8 Å². The molecule has 0 aliphatic heterocycles. The normalized spacial score (nSPS) is 11.2. The SMILES string of the molecule is CC(C)Cn1c(=O)n(C)c(=O)c2c1ncn2COC(=O)c1ccccn1. The zero-order valence-corrected chi connectivity index (χ0v) is 14.7. The molecule has 0 bridgehead atoms. The molecule has 3 heterocycles. The maximum Gasteiger partial charge on any atom is 0.358 e. The number of nitrogens with zero attached hydrogens (tertiary/aromatic N) is 5. The summed E-state index contributed by atoms with van der Waals surface area (Å²) in [6.07, 6.45) is 2.87. The summed E-state index contributed by atoms with van der Waals surface area (Å²) in [5.74, 6) is -0.416. The fourth-order valence-electron chi connectivity index (χ4n) is 2.62. The van der Waals surface area contributed by atoms with Crippen molar-refractivity contribution in [1.82, 2.24) is 23.7 Å². The number of aromatic nitrogens is 5. The monoisotopic (exact) mass is 357 g/mol. The first kappa shape index (κ1) is 17.6. The molecule has 136 valence electrons. The lowest BCUT2D eigenvalue weighted by atomic mass is 10.2. The van der Waals surface area contributed by atoms with Gasteiger partial charge >= 0.3 is 11.7 Å². The predicted octanol–water partition coefficient (Wildman–Crippen LogP) is 0.762. The summed E-state index contributed by atoms with van der Waals surface area (Å²) in [7, 11) is 1.41. The summed E-state index contributed by atoms with van der Waals surface area (Å²) < 4.78 is 9.11. The van der Waals surface area contributed by atoms with Gasteiger partial charge in [0.05, 0.1) is 0 Å². The summed E-state index contributed by atoms with van der Waals surface area (Å²) in [6, 6.07) is 4.90. The van der Waals surface area contributed by atoms with Gasteiger partial charge in [0, 0.05) is 19.8 Å². The molecule has 0 aliphatic carbocycles. The summed E-state index contributed by atoms with van der Waals surface area (Å²) >= 11 is 0. The van der Waals surface area contributed by atoms with E-state index in [4.69, 9.17) is 4.74 Å². The molecule has 0 N–H and O–H groups in total. The van der Waals surface area contributed by atoms with Crippen molar-refractivity contribution in [3.05, 3.63) is 57.3 Å². The molecular formula is C17H19N5O4. The van der Waals surface area contributed by atoms with Gasteiger partial charge in [0.1, 0.15) is 12.0 Å². The van der Waals surface area contributed by atoms with Crippen LogP contribution in [0.3, 0.4) is 0 Å². The lowest BCUT2D eigenvalue weighted by Crippen LogP contribution is -2.39. The third kappa shape index (κ3) is 3.15. The van der Waals surface area contributed by atoms with Crippen LogP contribution in [0.4, 0.5) is 0 Å². The second kappa shape index (κ2) is 6.95. The van der Waals surface area contributed by atoms with Gasteiger partial charge in [0.25, 0.3) is 5.56 Å². The molecule has 0 radical (unpaired) electrons. The van der Waals surface area contributed by atoms with Crippen molar-refractivity contribution < 1.29 is 9.53 Å². The maximum atomic E-state index is 12.5. The maximum absolute atomic E-state index is 12.5. The summed E-state index contributed by atoms with van der Waals surface area (Å²) in [6.45, 7) is 4.15. The Morgan fingerprint density at radius 3 is 2.65 bits per heavy atom. The van der Waals surface area contributed by atoms with Crippen LogP contribution in [0.15, 0.2) is 40.3 Å². The van der Waals surface area contributed by atoms with E-state index in [0.717, 1.165) is 4.57 Å². The highest BCUT2D eigenvalue weighted by molar-refractivity contribution is 5.87. The first-order valence-corrected chi connectivity index (χ1v) is 8.13. The molecule has 9 nitrogen and oxygen atoms in total. The zero-order valence-electron chi connectivity index (χ0n) is 14.7. The van der Waals surface area contributed by atoms with Gasteiger partial charge in [-0.3, -0.25) is 18.5 Å². The van der Waals surface area contributed by atoms with E-state index in [9.17, 15) is 14.4 Å². The zero-order chi connectivity index (χ0) is 18.8. The van der Waals surface area contributed by atoms with Gasteiger partial charge in [-0.05, 0) is 18.1 Å². The van der Waals surface area contributed by atoms with Crippen LogP contribution >= 0.6 is 0 Å². The molecule has 3 aromatic heterocycles. The molecule has 0 saturated carbocycles. The number of hydrogen-bond donors (Lipinski definition) is 0. The first-order valence-electron chi connectivity index (χ1n) is 8.13. The highest BCUT2D eigenvalue weighted by Crippen LogP contribution is 2.09. The van der Waals surface area contributed by atoms with Gasteiger partial charge in [-0.15, -0.1) is 0 Å². The summed E-state index contributed by atoms with van der Waals surface area (Å²) in [4.78, 5) is 45.1. The van der Waals surface area contributed by atoms with E-state index in [1.54, 1.807) is 12.1 Å². The molecule has 0 saturated heterocycles. The number of rotatable bonds is 5. The molecule has 9 heteroatoms. The van der Waals surface area contributed by atoms with E-state index >= 15 is 0 Å². The third-order valence-corrected chi connectivity index (χ3v) is 3.86. The van der Waals surface area contributed by atoms with Crippen molar-refractivity contribution in [1.29, 1.82) is 0 Å². The topological polar surface area (TPSA) is 101 Å². The molecule has 0 aromatic carbocycles. The molecule has 0 spiro atoms. The minimum absolute atomic E-state index is 0.168. The van der Waals surface area contributed by atoms with Crippen molar-refractivity contribution in [2.45, 2.75) is 27.1 Å². The van der Waals surface area contributed by atoms with E-state index in [2.05, 4.69) is 9.97 Å². The van der Waals surface area contributed by atoms with Gasteiger partial charge in [0.2, 0.25) is 0 Å². The van der Waals surface area contributed by atoms with Crippen LogP contribution in [0.25, 0.3) is 11.2 Å². The molecule has 0 fully saturated rings. The van der Waals surface area contributed by atoms with Crippen LogP contribution < -0.4 is 11.2 Å². The van der Waals surface area contributed by atoms with Gasteiger partial charge in [-0.25, -0.2) is 19.6 Å². The molecule has 3 rings (SSSR count). The lowest BCUT2D eigenvalue weighted by Gasteiger charge is -2.12. The number of esters is 1. The van der Waals surface area contributed by atoms with Gasteiger partial charge in [-0.1, -0.05) is 19.9 Å². The molecule has 26 heavy (non-hydrogen) atoms. The van der Waals surface area contributed by atoms with Crippen LogP contribution in [-0.2, 0) is 25.1 Å². The van der Waals surface area contributed by atoms with E-state index in [0.29, 0.717) is 6.54 Å². The van der Waals surface area contributed by atoms with Crippen molar-refractivity contribution in [3.63, 3.8) is 0 Å². The number of carbonyl (C=O) groups excluding carboxylic acids is 1. The Morgan fingerprint density at radius 1 is 1.23 bits per heavy atom. The van der Waals surface area contributed by atoms with Crippen LogP contribution in [-0.4, -0.2) is 29.6 Å². The first-order chi connectivity index (χ1) is 12.4. The highest BCUT2D eigenvalue weighted by Gasteiger charge is 2.18. The van der Waals surface area contributed by atoms with Crippen LogP contribution in [0.1, 0.15) is 24.3 Å². The molecule has 0 aliphatic rings.